The summed E-state index contributed by atoms with van der Waals surface area (Å²) in [4.78, 5) is 16.6. The number of carbonyl (C=O) groups excluding carboxylic acids is 1. The van der Waals surface area contributed by atoms with Gasteiger partial charge in [0.1, 0.15) is 7.85 Å². The van der Waals surface area contributed by atoms with E-state index in [1.165, 1.54) is 12.2 Å². The van der Waals surface area contributed by atoms with Crippen LogP contribution in [0.4, 0.5) is 0 Å². The minimum absolute atomic E-state index is 0.117. The maximum absolute atomic E-state index is 11.7. The van der Waals surface area contributed by atoms with Gasteiger partial charge >= 0.3 is 0 Å². The van der Waals surface area contributed by atoms with Crippen LogP contribution in [-0.4, -0.2) is 33.0 Å². The standard InChI is InChI=1S/C10H14BNO2/c1-7-8(5-4-6-9(7)11)10(13)12(2)14-3/h4-6H,11H2,1-3H3. The summed E-state index contributed by atoms with van der Waals surface area (Å²) in [5, 5.41) is 1.22. The van der Waals surface area contributed by atoms with Crippen molar-refractivity contribution in [3.05, 3.63) is 29.3 Å². The van der Waals surface area contributed by atoms with Crippen LogP contribution < -0.4 is 5.46 Å². The number of benzene rings is 1. The molecule has 0 aliphatic carbocycles. The summed E-state index contributed by atoms with van der Waals surface area (Å²) in [5.41, 5.74) is 2.80. The van der Waals surface area contributed by atoms with Crippen molar-refractivity contribution in [2.75, 3.05) is 14.2 Å². The second kappa shape index (κ2) is 4.29. The van der Waals surface area contributed by atoms with Gasteiger partial charge in [-0.05, 0) is 18.6 Å². The van der Waals surface area contributed by atoms with Gasteiger partial charge < -0.3 is 0 Å². The number of hydrogen-bond acceptors (Lipinski definition) is 2. The van der Waals surface area contributed by atoms with Crippen molar-refractivity contribution in [2.45, 2.75) is 6.92 Å². The first-order valence-electron chi connectivity index (χ1n) is 4.46. The van der Waals surface area contributed by atoms with E-state index in [1.54, 1.807) is 13.1 Å². The Kier molecular flexibility index (Phi) is 3.30. The zero-order valence-electron chi connectivity index (χ0n) is 9.00. The average Bonchev–Trinajstić information content (AvgIpc) is 2.20. The number of hydrogen-bond donors (Lipinski definition) is 0. The average molecular weight is 191 g/mol. The van der Waals surface area contributed by atoms with E-state index in [0.29, 0.717) is 5.56 Å². The van der Waals surface area contributed by atoms with E-state index in [9.17, 15) is 4.79 Å². The molecule has 0 aliphatic rings. The number of carbonyl (C=O) groups is 1. The quantitative estimate of drug-likeness (QED) is 0.482. The van der Waals surface area contributed by atoms with E-state index in [2.05, 4.69) is 0 Å². The fourth-order valence-corrected chi connectivity index (χ4v) is 1.24. The molecule has 0 fully saturated rings. The van der Waals surface area contributed by atoms with Crippen LogP contribution in [0.5, 0.6) is 0 Å². The van der Waals surface area contributed by atoms with Crippen LogP contribution in [0.2, 0.25) is 0 Å². The van der Waals surface area contributed by atoms with Crippen molar-refractivity contribution in [3.63, 3.8) is 0 Å². The number of amides is 1. The Balaban J connectivity index is 3.07. The molecule has 1 aromatic rings. The van der Waals surface area contributed by atoms with Gasteiger partial charge in [-0.3, -0.25) is 9.63 Å². The van der Waals surface area contributed by atoms with Gasteiger partial charge in [0.2, 0.25) is 0 Å². The lowest BCUT2D eigenvalue weighted by atomic mass is 9.88. The first-order valence-corrected chi connectivity index (χ1v) is 4.46. The van der Waals surface area contributed by atoms with Crippen molar-refractivity contribution in [1.82, 2.24) is 5.06 Å². The highest BCUT2D eigenvalue weighted by Gasteiger charge is 2.13. The number of hydroxylamine groups is 2. The van der Waals surface area contributed by atoms with E-state index < -0.39 is 0 Å². The molecule has 0 heterocycles. The molecule has 1 aromatic carbocycles. The van der Waals surface area contributed by atoms with Gasteiger partial charge in [0.05, 0.1) is 7.11 Å². The van der Waals surface area contributed by atoms with E-state index in [1.807, 2.05) is 26.9 Å². The first-order chi connectivity index (χ1) is 6.57. The van der Waals surface area contributed by atoms with E-state index in [4.69, 9.17) is 4.84 Å². The van der Waals surface area contributed by atoms with Gasteiger partial charge in [-0.1, -0.05) is 17.6 Å². The van der Waals surface area contributed by atoms with Crippen LogP contribution in [0.25, 0.3) is 0 Å². The predicted molar refractivity (Wildman–Crippen MR) is 58.5 cm³/mol. The molecule has 0 bridgehead atoms. The van der Waals surface area contributed by atoms with E-state index >= 15 is 0 Å². The Morgan fingerprint density at radius 3 is 2.71 bits per heavy atom. The monoisotopic (exact) mass is 191 g/mol. The summed E-state index contributed by atoms with van der Waals surface area (Å²) in [5.74, 6) is -0.117. The molecule has 0 unspecified atom stereocenters. The summed E-state index contributed by atoms with van der Waals surface area (Å²) in [6.07, 6.45) is 0. The largest absolute Gasteiger partial charge is 0.277 e. The highest BCUT2D eigenvalue weighted by atomic mass is 16.7. The highest BCUT2D eigenvalue weighted by Crippen LogP contribution is 2.07. The second-order valence-electron chi connectivity index (χ2n) is 3.23. The van der Waals surface area contributed by atoms with Crippen LogP contribution in [0.3, 0.4) is 0 Å². The topological polar surface area (TPSA) is 29.5 Å². The number of rotatable bonds is 2. The van der Waals surface area contributed by atoms with E-state index in [-0.39, 0.29) is 5.91 Å². The Morgan fingerprint density at radius 1 is 1.50 bits per heavy atom. The van der Waals surface area contributed by atoms with Gasteiger partial charge in [-0.2, -0.15) is 0 Å². The van der Waals surface area contributed by atoms with Crippen LogP contribution >= 0.6 is 0 Å². The van der Waals surface area contributed by atoms with Crippen LogP contribution in [0, 0.1) is 6.92 Å². The SMILES string of the molecule is Bc1cccc(C(=O)N(C)OC)c1C. The lowest BCUT2D eigenvalue weighted by Crippen LogP contribution is -2.27. The molecule has 0 saturated heterocycles. The summed E-state index contributed by atoms with van der Waals surface area (Å²) in [6.45, 7) is 1.94. The molecule has 3 nitrogen and oxygen atoms in total. The van der Waals surface area contributed by atoms with Crippen molar-refractivity contribution >= 4 is 19.2 Å². The second-order valence-corrected chi connectivity index (χ2v) is 3.23. The molecular formula is C10H14BNO2. The molecule has 14 heavy (non-hydrogen) atoms. The number of nitrogens with zero attached hydrogens (tertiary/aromatic N) is 1. The Hall–Kier alpha value is -1.29. The molecule has 0 saturated carbocycles. The van der Waals surface area contributed by atoms with Gasteiger partial charge in [-0.25, -0.2) is 5.06 Å². The van der Waals surface area contributed by atoms with Gasteiger partial charge in [0, 0.05) is 12.6 Å². The summed E-state index contributed by atoms with van der Waals surface area (Å²) >= 11 is 0. The molecule has 0 aromatic heterocycles. The predicted octanol–water partition coefficient (Wildman–Crippen LogP) is -0.113. The van der Waals surface area contributed by atoms with E-state index in [0.717, 1.165) is 11.0 Å². The fraction of sp³-hybridized carbons (Fsp3) is 0.300. The van der Waals surface area contributed by atoms with Gasteiger partial charge in [0.25, 0.3) is 5.91 Å². The molecule has 0 aliphatic heterocycles. The smallest absolute Gasteiger partial charge is 0.274 e. The zero-order chi connectivity index (χ0) is 10.7. The van der Waals surface area contributed by atoms with Gasteiger partial charge in [-0.15, -0.1) is 0 Å². The molecule has 1 amide bonds. The normalized spacial score (nSPS) is 9.93. The molecule has 0 N–H and O–H groups in total. The molecule has 0 spiro atoms. The Labute approximate surface area is 85.0 Å². The lowest BCUT2D eigenvalue weighted by Gasteiger charge is -2.15. The zero-order valence-corrected chi connectivity index (χ0v) is 9.00. The summed E-state index contributed by atoms with van der Waals surface area (Å²) < 4.78 is 0. The molecule has 4 heteroatoms. The van der Waals surface area contributed by atoms with Gasteiger partial charge in [0.15, 0.2) is 0 Å². The van der Waals surface area contributed by atoms with Crippen LogP contribution in [0.15, 0.2) is 18.2 Å². The van der Waals surface area contributed by atoms with Crippen molar-refractivity contribution < 1.29 is 9.63 Å². The van der Waals surface area contributed by atoms with Crippen molar-refractivity contribution in [1.29, 1.82) is 0 Å². The van der Waals surface area contributed by atoms with Crippen molar-refractivity contribution in [2.24, 2.45) is 0 Å². The maximum Gasteiger partial charge on any atom is 0.277 e. The molecular weight excluding hydrogens is 177 g/mol. The molecule has 74 valence electrons. The van der Waals surface area contributed by atoms with Crippen molar-refractivity contribution in [3.8, 4) is 0 Å². The molecule has 1 rings (SSSR count). The highest BCUT2D eigenvalue weighted by molar-refractivity contribution is 6.33. The Bertz CT molecular complexity index is 352. The summed E-state index contributed by atoms with van der Waals surface area (Å²) in [6, 6.07) is 5.66. The van der Waals surface area contributed by atoms with Crippen LogP contribution in [0.1, 0.15) is 15.9 Å². The third-order valence-electron chi connectivity index (χ3n) is 2.39. The minimum Gasteiger partial charge on any atom is -0.274 e. The third-order valence-corrected chi connectivity index (χ3v) is 2.39. The first kappa shape index (κ1) is 10.8. The Morgan fingerprint density at radius 2 is 2.14 bits per heavy atom. The summed E-state index contributed by atoms with van der Waals surface area (Å²) in [7, 11) is 5.06. The third kappa shape index (κ3) is 1.96. The van der Waals surface area contributed by atoms with Crippen LogP contribution in [-0.2, 0) is 4.84 Å². The molecule has 0 radical (unpaired) electrons. The lowest BCUT2D eigenvalue weighted by molar-refractivity contribution is -0.0757. The maximum atomic E-state index is 11.7. The fourth-order valence-electron chi connectivity index (χ4n) is 1.24. The minimum atomic E-state index is -0.117. The molecule has 0 atom stereocenters.